The number of esters is 1. The smallest absolute Gasteiger partial charge is 0.328 e. The molecule has 3 atom stereocenters. The van der Waals surface area contributed by atoms with Gasteiger partial charge in [0.1, 0.15) is 15.9 Å². The molecule has 0 bridgehead atoms. The Kier molecular flexibility index (Phi) is 3.63. The average Bonchev–Trinajstić information content (AvgIpc) is 2.62. The van der Waals surface area contributed by atoms with Crippen molar-refractivity contribution in [2.75, 3.05) is 0 Å². The molecule has 128 valence electrons. The number of β-lactam (4-membered cyclic amide) rings is 1. The molecule has 1 aromatic carbocycles. The van der Waals surface area contributed by atoms with Crippen LogP contribution in [0.15, 0.2) is 30.3 Å². The fourth-order valence-corrected chi connectivity index (χ4v) is 5.62. The predicted octanol–water partition coefficient (Wildman–Crippen LogP) is 0.181. The number of carbonyl (C=O) groups is 3. The van der Waals surface area contributed by atoms with Crippen molar-refractivity contribution in [3.05, 3.63) is 30.3 Å². The van der Waals surface area contributed by atoms with Gasteiger partial charge in [0.15, 0.2) is 15.9 Å². The summed E-state index contributed by atoms with van der Waals surface area (Å²) in [5.74, 6) is -2.64. The quantitative estimate of drug-likeness (QED) is 0.466. The van der Waals surface area contributed by atoms with Gasteiger partial charge in [0.25, 0.3) is 0 Å². The number of hydrogen-bond acceptors (Lipinski definition) is 6. The molecule has 0 spiro atoms. The molecule has 0 aromatic heterocycles. The van der Waals surface area contributed by atoms with E-state index in [1.165, 1.54) is 19.1 Å². The summed E-state index contributed by atoms with van der Waals surface area (Å²) in [5, 5.41) is 8.23. The number of amides is 1. The SMILES string of the molecule is C[C@]1(CC(=O)Oc2ccccc2)[C@H](C(=O)O)N2C(=O)CC2S1(=O)=O. The summed E-state index contributed by atoms with van der Waals surface area (Å²) in [6, 6.07) is 6.44. The lowest BCUT2D eigenvalue weighted by Gasteiger charge is -2.35. The highest BCUT2D eigenvalue weighted by atomic mass is 32.2. The van der Waals surface area contributed by atoms with Crippen LogP contribution in [-0.4, -0.2) is 52.4 Å². The molecule has 0 aliphatic carbocycles. The van der Waals surface area contributed by atoms with Crippen LogP contribution < -0.4 is 4.74 Å². The number of nitrogens with zero attached hydrogens (tertiary/aromatic N) is 1. The van der Waals surface area contributed by atoms with E-state index in [0.717, 1.165) is 4.90 Å². The number of ether oxygens (including phenoxy) is 1. The van der Waals surface area contributed by atoms with E-state index >= 15 is 0 Å². The van der Waals surface area contributed by atoms with Crippen LogP contribution >= 0.6 is 0 Å². The minimum absolute atomic E-state index is 0.229. The van der Waals surface area contributed by atoms with Gasteiger partial charge in [-0.15, -0.1) is 0 Å². The minimum Gasteiger partial charge on any atom is -0.480 e. The van der Waals surface area contributed by atoms with Gasteiger partial charge in [-0.3, -0.25) is 9.59 Å². The monoisotopic (exact) mass is 353 g/mol. The van der Waals surface area contributed by atoms with Gasteiger partial charge in [-0.25, -0.2) is 13.2 Å². The standard InChI is InChI=1S/C15H15NO7S/c1-15(8-12(18)23-9-5-3-2-4-6-9)13(14(19)20)16-10(17)7-11(16)24(15,21)22/h2-6,11,13H,7-8H2,1H3,(H,19,20)/t11?,13-,15-/m0/s1. The van der Waals surface area contributed by atoms with Gasteiger partial charge in [0.2, 0.25) is 5.91 Å². The molecule has 2 aliphatic heterocycles. The highest BCUT2D eigenvalue weighted by Gasteiger charge is 2.70. The van der Waals surface area contributed by atoms with E-state index in [9.17, 15) is 27.9 Å². The highest BCUT2D eigenvalue weighted by molar-refractivity contribution is 7.94. The average molecular weight is 353 g/mol. The number of rotatable bonds is 4. The molecular formula is C15H15NO7S. The second-order valence-corrected chi connectivity index (χ2v) is 8.59. The summed E-state index contributed by atoms with van der Waals surface area (Å²) in [4.78, 5) is 36.2. The minimum atomic E-state index is -4.02. The number of hydrogen-bond donors (Lipinski definition) is 1. The second-order valence-electron chi connectivity index (χ2n) is 6.02. The molecule has 0 radical (unpaired) electrons. The van der Waals surface area contributed by atoms with Gasteiger partial charge in [-0.1, -0.05) is 18.2 Å². The summed E-state index contributed by atoms with van der Waals surface area (Å²) < 4.78 is 28.5. The van der Waals surface area contributed by atoms with Crippen molar-refractivity contribution in [3.8, 4) is 5.75 Å². The lowest BCUT2D eigenvalue weighted by atomic mass is 9.93. The third kappa shape index (κ3) is 2.19. The number of carboxylic acid groups (broad SMARTS) is 1. The Morgan fingerprint density at radius 3 is 2.50 bits per heavy atom. The van der Waals surface area contributed by atoms with Crippen molar-refractivity contribution < 1.29 is 32.6 Å². The fourth-order valence-electron chi connectivity index (χ4n) is 3.25. The summed E-state index contributed by atoms with van der Waals surface area (Å²) in [6.45, 7) is 1.18. The van der Waals surface area contributed by atoms with Gasteiger partial charge >= 0.3 is 11.9 Å². The van der Waals surface area contributed by atoms with E-state index in [-0.39, 0.29) is 12.2 Å². The number of fused-ring (bicyclic) bond motifs is 1. The van der Waals surface area contributed by atoms with Crippen LogP contribution in [0.4, 0.5) is 0 Å². The third-order valence-corrected chi connectivity index (χ3v) is 7.29. The van der Waals surface area contributed by atoms with Crippen molar-refractivity contribution in [3.63, 3.8) is 0 Å². The zero-order valence-electron chi connectivity index (χ0n) is 12.7. The Hall–Kier alpha value is -2.42. The van der Waals surface area contributed by atoms with Crippen molar-refractivity contribution >= 4 is 27.7 Å². The maximum absolute atomic E-state index is 12.7. The van der Waals surface area contributed by atoms with Gasteiger partial charge in [0, 0.05) is 0 Å². The maximum atomic E-state index is 12.7. The first-order chi connectivity index (χ1) is 11.2. The molecule has 2 aliphatic rings. The Bertz CT molecular complexity index is 819. The summed E-state index contributed by atoms with van der Waals surface area (Å²) >= 11 is 0. The third-order valence-electron chi connectivity index (χ3n) is 4.52. The molecule has 24 heavy (non-hydrogen) atoms. The van der Waals surface area contributed by atoms with E-state index < -0.39 is 50.3 Å². The number of carbonyl (C=O) groups excluding carboxylic acids is 2. The van der Waals surface area contributed by atoms with E-state index in [1.807, 2.05) is 0 Å². The van der Waals surface area contributed by atoms with Gasteiger partial charge in [-0.2, -0.15) is 0 Å². The molecule has 1 unspecified atom stereocenters. The number of sulfone groups is 1. The Morgan fingerprint density at radius 2 is 1.96 bits per heavy atom. The fraction of sp³-hybridized carbons (Fsp3) is 0.400. The molecule has 1 aromatic rings. The first kappa shape index (κ1) is 16.4. The molecule has 1 N–H and O–H groups in total. The second kappa shape index (κ2) is 5.30. The van der Waals surface area contributed by atoms with Gasteiger partial charge < -0.3 is 14.7 Å². The molecule has 2 heterocycles. The van der Waals surface area contributed by atoms with Crippen LogP contribution in [0.1, 0.15) is 19.8 Å². The number of benzene rings is 1. The van der Waals surface area contributed by atoms with E-state index in [1.54, 1.807) is 18.2 Å². The molecule has 0 saturated carbocycles. The number of carboxylic acids is 1. The topological polar surface area (TPSA) is 118 Å². The van der Waals surface area contributed by atoms with Crippen molar-refractivity contribution in [1.82, 2.24) is 4.90 Å². The number of para-hydroxylation sites is 1. The Balaban J connectivity index is 1.90. The summed E-state index contributed by atoms with van der Waals surface area (Å²) in [7, 11) is -4.02. The molecule has 2 saturated heterocycles. The van der Waals surface area contributed by atoms with Gasteiger partial charge in [-0.05, 0) is 19.1 Å². The van der Waals surface area contributed by atoms with Crippen molar-refractivity contribution in [2.45, 2.75) is 35.9 Å². The zero-order valence-corrected chi connectivity index (χ0v) is 13.5. The van der Waals surface area contributed by atoms with E-state index in [4.69, 9.17) is 4.74 Å². The van der Waals surface area contributed by atoms with Crippen molar-refractivity contribution in [1.29, 1.82) is 0 Å². The summed E-state index contributed by atoms with van der Waals surface area (Å²) in [5.41, 5.74) is 0. The Morgan fingerprint density at radius 1 is 1.33 bits per heavy atom. The van der Waals surface area contributed by atoms with Crippen LogP contribution in [0, 0.1) is 0 Å². The highest BCUT2D eigenvalue weighted by Crippen LogP contribution is 2.47. The van der Waals surface area contributed by atoms with Crippen LogP contribution in [0.3, 0.4) is 0 Å². The zero-order chi connectivity index (χ0) is 17.7. The van der Waals surface area contributed by atoms with Crippen LogP contribution in [0.25, 0.3) is 0 Å². The molecule has 9 heteroatoms. The molecule has 8 nitrogen and oxygen atoms in total. The largest absolute Gasteiger partial charge is 0.480 e. The van der Waals surface area contributed by atoms with E-state index in [0.29, 0.717) is 0 Å². The van der Waals surface area contributed by atoms with E-state index in [2.05, 4.69) is 0 Å². The Labute approximate surface area is 137 Å². The van der Waals surface area contributed by atoms with Crippen molar-refractivity contribution in [2.24, 2.45) is 0 Å². The summed E-state index contributed by atoms with van der Waals surface area (Å²) in [6.07, 6.45) is -0.906. The molecule has 2 fully saturated rings. The van der Waals surface area contributed by atoms with Crippen LogP contribution in [0.2, 0.25) is 0 Å². The lowest BCUT2D eigenvalue weighted by Crippen LogP contribution is -2.57. The van der Waals surface area contributed by atoms with Crippen LogP contribution in [0.5, 0.6) is 5.75 Å². The van der Waals surface area contributed by atoms with Gasteiger partial charge in [0.05, 0.1) is 12.8 Å². The first-order valence-corrected chi connectivity index (χ1v) is 8.76. The predicted molar refractivity (Wildman–Crippen MR) is 80.7 cm³/mol. The van der Waals surface area contributed by atoms with Crippen LogP contribution in [-0.2, 0) is 24.2 Å². The molecular weight excluding hydrogens is 338 g/mol. The molecule has 1 amide bonds. The maximum Gasteiger partial charge on any atom is 0.328 e. The first-order valence-electron chi connectivity index (χ1n) is 7.21. The lowest BCUT2D eigenvalue weighted by molar-refractivity contribution is -0.158. The normalized spacial score (nSPS) is 30.4. The molecule has 3 rings (SSSR count). The number of aliphatic carboxylic acids is 1.